The molecule has 0 aromatic heterocycles. The van der Waals surface area contributed by atoms with Gasteiger partial charge in [-0.1, -0.05) is 0 Å². The van der Waals surface area contributed by atoms with Crippen LogP contribution in [0.3, 0.4) is 0 Å². The first-order chi connectivity index (χ1) is 6.06. The molecule has 1 rings (SSSR count). The average molecular weight is 352 g/mol. The summed E-state index contributed by atoms with van der Waals surface area (Å²) in [4.78, 5) is 10.7. The highest BCUT2D eigenvalue weighted by Crippen LogP contribution is 2.23. The Kier molecular flexibility index (Phi) is 3.27. The smallest absolute Gasteiger partial charge is 0.337 e. The molecule has 5 heteroatoms. The Balaban J connectivity index is 3.44. The number of halogens is 2. The maximum atomic E-state index is 10.7. The first kappa shape index (κ1) is 10.5. The Morgan fingerprint density at radius 2 is 2.23 bits per heavy atom. The molecule has 0 heterocycles. The molecule has 1 N–H and O–H groups in total. The van der Waals surface area contributed by atoms with Crippen LogP contribution in [0.25, 0.3) is 0 Å². The van der Waals surface area contributed by atoms with Crippen LogP contribution in [-0.2, 0) is 0 Å². The topological polar surface area (TPSA) is 61.1 Å². The maximum absolute atomic E-state index is 10.7. The van der Waals surface area contributed by atoms with E-state index in [-0.39, 0.29) is 11.1 Å². The van der Waals surface area contributed by atoms with Crippen molar-refractivity contribution in [2.75, 3.05) is 0 Å². The van der Waals surface area contributed by atoms with Crippen molar-refractivity contribution >= 4 is 44.5 Å². The molecule has 13 heavy (non-hydrogen) atoms. The highest BCUT2D eigenvalue weighted by molar-refractivity contribution is 14.1. The zero-order valence-corrected chi connectivity index (χ0v) is 9.96. The molecule has 0 bridgehead atoms. The monoisotopic (exact) mass is 351 g/mol. The summed E-state index contributed by atoms with van der Waals surface area (Å²) in [5.41, 5.74) is 0.204. The Morgan fingerprint density at radius 3 is 2.69 bits per heavy atom. The summed E-state index contributed by atoms with van der Waals surface area (Å²) in [6.45, 7) is 0. The molecule has 1 aromatic carbocycles. The second kappa shape index (κ2) is 4.07. The lowest BCUT2D eigenvalue weighted by molar-refractivity contribution is 0.0696. The quantitative estimate of drug-likeness (QED) is 0.791. The van der Waals surface area contributed by atoms with Crippen molar-refractivity contribution in [3.05, 3.63) is 31.3 Å². The molecule has 0 aliphatic heterocycles. The average Bonchev–Trinajstić information content (AvgIpc) is 2.08. The molecular formula is C8H3BrINO2. The van der Waals surface area contributed by atoms with Gasteiger partial charge in [0.1, 0.15) is 6.07 Å². The van der Waals surface area contributed by atoms with Crippen molar-refractivity contribution in [1.29, 1.82) is 5.26 Å². The summed E-state index contributed by atoms with van der Waals surface area (Å²) in [7, 11) is 0. The first-order valence-electron chi connectivity index (χ1n) is 3.18. The van der Waals surface area contributed by atoms with Gasteiger partial charge < -0.3 is 5.11 Å². The fraction of sp³-hybridized carbons (Fsp3) is 0. The van der Waals surface area contributed by atoms with Gasteiger partial charge in [0.05, 0.1) is 11.1 Å². The molecule has 0 aliphatic rings. The van der Waals surface area contributed by atoms with E-state index >= 15 is 0 Å². The Morgan fingerprint density at radius 1 is 1.62 bits per heavy atom. The van der Waals surface area contributed by atoms with Gasteiger partial charge in [-0.25, -0.2) is 4.79 Å². The van der Waals surface area contributed by atoms with E-state index < -0.39 is 5.97 Å². The van der Waals surface area contributed by atoms with E-state index in [2.05, 4.69) is 15.9 Å². The fourth-order valence-corrected chi connectivity index (χ4v) is 1.63. The van der Waals surface area contributed by atoms with E-state index in [9.17, 15) is 4.79 Å². The lowest BCUT2D eigenvalue weighted by Gasteiger charge is -2.01. The third-order valence-corrected chi connectivity index (χ3v) is 3.70. The van der Waals surface area contributed by atoms with Gasteiger partial charge in [0.15, 0.2) is 0 Å². The number of carboxylic acids is 1. The number of aromatic carboxylic acids is 1. The van der Waals surface area contributed by atoms with Crippen molar-refractivity contribution in [3.8, 4) is 6.07 Å². The first-order valence-corrected chi connectivity index (χ1v) is 5.06. The Labute approximate surface area is 96.6 Å². The summed E-state index contributed by atoms with van der Waals surface area (Å²) >= 11 is 5.22. The van der Waals surface area contributed by atoms with Crippen LogP contribution >= 0.6 is 38.5 Å². The summed E-state index contributed by atoms with van der Waals surface area (Å²) in [6, 6.07) is 4.81. The van der Waals surface area contributed by atoms with Crippen LogP contribution in [-0.4, -0.2) is 11.1 Å². The molecule has 0 amide bonds. The van der Waals surface area contributed by atoms with Crippen molar-refractivity contribution < 1.29 is 9.90 Å². The summed E-state index contributed by atoms with van der Waals surface area (Å²) in [5, 5.41) is 17.4. The second-order valence-corrected chi connectivity index (χ2v) is 4.25. The molecule has 3 nitrogen and oxygen atoms in total. The van der Waals surface area contributed by atoms with Crippen molar-refractivity contribution in [2.24, 2.45) is 0 Å². The third kappa shape index (κ3) is 2.19. The summed E-state index contributed by atoms with van der Waals surface area (Å²) < 4.78 is 1.50. The molecule has 0 saturated carbocycles. The van der Waals surface area contributed by atoms with Gasteiger partial charge >= 0.3 is 5.97 Å². The zero-order valence-electron chi connectivity index (χ0n) is 6.21. The number of hydrogen-bond acceptors (Lipinski definition) is 2. The van der Waals surface area contributed by atoms with E-state index in [1.54, 1.807) is 0 Å². The van der Waals surface area contributed by atoms with Crippen LogP contribution in [0.2, 0.25) is 0 Å². The number of carbonyl (C=O) groups is 1. The van der Waals surface area contributed by atoms with Crippen LogP contribution in [0.4, 0.5) is 0 Å². The van der Waals surface area contributed by atoms with Gasteiger partial charge in [-0.2, -0.15) is 5.26 Å². The molecule has 0 radical (unpaired) electrons. The molecule has 0 aliphatic carbocycles. The van der Waals surface area contributed by atoms with E-state index in [1.807, 2.05) is 28.7 Å². The van der Waals surface area contributed by atoms with Gasteiger partial charge in [0, 0.05) is 8.04 Å². The number of nitriles is 1. The number of carboxylic acid groups (broad SMARTS) is 1. The Hall–Kier alpha value is -0.610. The highest BCUT2D eigenvalue weighted by atomic mass is 127. The zero-order chi connectivity index (χ0) is 10.0. The van der Waals surface area contributed by atoms with E-state index in [1.165, 1.54) is 12.1 Å². The van der Waals surface area contributed by atoms with Crippen LogP contribution < -0.4 is 0 Å². The predicted octanol–water partition coefficient (Wildman–Crippen LogP) is 2.62. The van der Waals surface area contributed by atoms with Crippen LogP contribution in [0.15, 0.2) is 16.6 Å². The van der Waals surface area contributed by atoms with Crippen LogP contribution in [0.1, 0.15) is 15.9 Å². The van der Waals surface area contributed by atoms with Crippen LogP contribution in [0, 0.1) is 14.9 Å². The maximum Gasteiger partial charge on any atom is 0.337 e. The lowest BCUT2D eigenvalue weighted by atomic mass is 10.1. The summed E-state index contributed by atoms with van der Waals surface area (Å²) in [6.07, 6.45) is 0. The standard InChI is InChI=1S/C8H3BrINO2/c9-6-2-5(8(12)13)4(3-11)1-7(6)10/h1-2H,(H,12,13). The molecule has 0 unspecified atom stereocenters. The van der Waals surface area contributed by atoms with Gasteiger partial charge in [-0.3, -0.25) is 0 Å². The molecule has 1 aromatic rings. The van der Waals surface area contributed by atoms with Crippen LogP contribution in [0.5, 0.6) is 0 Å². The van der Waals surface area contributed by atoms with E-state index in [4.69, 9.17) is 10.4 Å². The normalized spacial score (nSPS) is 9.31. The SMILES string of the molecule is N#Cc1cc(I)c(Br)cc1C(=O)O. The minimum absolute atomic E-state index is 0.0230. The molecular weight excluding hydrogens is 349 g/mol. The third-order valence-electron chi connectivity index (χ3n) is 1.41. The molecule has 0 atom stereocenters. The van der Waals surface area contributed by atoms with Gasteiger partial charge in [-0.05, 0) is 50.7 Å². The van der Waals surface area contributed by atoms with E-state index in [0.717, 1.165) is 3.57 Å². The summed E-state index contributed by atoms with van der Waals surface area (Å²) in [5.74, 6) is -1.09. The highest BCUT2D eigenvalue weighted by Gasteiger charge is 2.12. The lowest BCUT2D eigenvalue weighted by Crippen LogP contribution is -2.00. The number of nitrogens with zero attached hydrogens (tertiary/aromatic N) is 1. The minimum Gasteiger partial charge on any atom is -0.478 e. The van der Waals surface area contributed by atoms with Gasteiger partial charge in [-0.15, -0.1) is 0 Å². The van der Waals surface area contributed by atoms with Gasteiger partial charge in [0.25, 0.3) is 0 Å². The molecule has 0 fully saturated rings. The van der Waals surface area contributed by atoms with E-state index in [0.29, 0.717) is 4.47 Å². The Bertz CT molecular complexity index is 411. The largest absolute Gasteiger partial charge is 0.478 e. The molecule has 66 valence electrons. The number of benzene rings is 1. The number of rotatable bonds is 1. The van der Waals surface area contributed by atoms with Crippen molar-refractivity contribution in [1.82, 2.24) is 0 Å². The minimum atomic E-state index is -1.09. The second-order valence-electron chi connectivity index (χ2n) is 2.23. The molecule has 0 spiro atoms. The molecule has 0 saturated heterocycles. The number of hydrogen-bond donors (Lipinski definition) is 1. The van der Waals surface area contributed by atoms with Gasteiger partial charge in [0.2, 0.25) is 0 Å². The predicted molar refractivity (Wildman–Crippen MR) is 58.5 cm³/mol. The van der Waals surface area contributed by atoms with Crippen molar-refractivity contribution in [2.45, 2.75) is 0 Å². The van der Waals surface area contributed by atoms with Crippen molar-refractivity contribution in [3.63, 3.8) is 0 Å². The fourth-order valence-electron chi connectivity index (χ4n) is 0.816.